The summed E-state index contributed by atoms with van der Waals surface area (Å²) in [6, 6.07) is 1.31. The molecular formula is C8H10N4O2S. The quantitative estimate of drug-likeness (QED) is 0.723. The zero-order valence-electron chi connectivity index (χ0n) is 7.79. The molecule has 0 spiro atoms. The summed E-state index contributed by atoms with van der Waals surface area (Å²) in [5.74, 6) is 0.920. The molecule has 0 saturated carbocycles. The molecule has 1 aliphatic heterocycles. The Balaban J connectivity index is 2.09. The van der Waals surface area contributed by atoms with Crippen LogP contribution in [0.2, 0.25) is 0 Å². The van der Waals surface area contributed by atoms with E-state index in [4.69, 9.17) is 5.73 Å². The van der Waals surface area contributed by atoms with Gasteiger partial charge < -0.3 is 11.1 Å². The fraction of sp³-hybridized carbons (Fsp3) is 0.250. The van der Waals surface area contributed by atoms with Gasteiger partial charge in [-0.05, 0) is 6.08 Å². The molecule has 6 nitrogen and oxygen atoms in total. The molecule has 1 atom stereocenters. The molecule has 2 heterocycles. The third kappa shape index (κ3) is 2.44. The van der Waals surface area contributed by atoms with Crippen molar-refractivity contribution in [3.05, 3.63) is 23.9 Å². The minimum absolute atomic E-state index is 0.0525. The molecule has 0 aromatic carbocycles. The standard InChI is InChI=1S/C8H10N4O2S/c9-7-3-8(11-5-10-7)12-6-1-2-15(13,14)4-6/h1-3,5-6H,4H2,(H3,9,10,11,12). The highest BCUT2D eigenvalue weighted by molar-refractivity contribution is 7.94. The smallest absolute Gasteiger partial charge is 0.173 e. The molecule has 80 valence electrons. The predicted octanol–water partition coefficient (Wildman–Crippen LogP) is -0.219. The van der Waals surface area contributed by atoms with Gasteiger partial charge in [0.05, 0.1) is 11.8 Å². The molecule has 1 aliphatic rings. The van der Waals surface area contributed by atoms with E-state index in [1.807, 2.05) is 0 Å². The Bertz CT molecular complexity index is 497. The highest BCUT2D eigenvalue weighted by Gasteiger charge is 2.21. The molecule has 15 heavy (non-hydrogen) atoms. The molecule has 3 N–H and O–H groups in total. The van der Waals surface area contributed by atoms with Gasteiger partial charge in [-0.3, -0.25) is 0 Å². The number of nitrogens with zero attached hydrogens (tertiary/aromatic N) is 2. The lowest BCUT2D eigenvalue weighted by Gasteiger charge is -2.09. The second-order valence-corrected chi connectivity index (χ2v) is 5.17. The van der Waals surface area contributed by atoms with E-state index in [0.29, 0.717) is 11.6 Å². The van der Waals surface area contributed by atoms with Crippen molar-refractivity contribution in [2.24, 2.45) is 0 Å². The van der Waals surface area contributed by atoms with Gasteiger partial charge in [-0.15, -0.1) is 0 Å². The van der Waals surface area contributed by atoms with Gasteiger partial charge in [0.1, 0.15) is 18.0 Å². The number of nitrogens with two attached hydrogens (primary N) is 1. The van der Waals surface area contributed by atoms with E-state index in [1.54, 1.807) is 12.1 Å². The first-order chi connectivity index (χ1) is 7.05. The third-order valence-electron chi connectivity index (χ3n) is 1.95. The Kier molecular flexibility index (Phi) is 2.31. The summed E-state index contributed by atoms with van der Waals surface area (Å²) in [5, 5.41) is 4.14. The van der Waals surface area contributed by atoms with Crippen LogP contribution < -0.4 is 11.1 Å². The second-order valence-electron chi connectivity index (χ2n) is 3.24. The van der Waals surface area contributed by atoms with Crippen LogP contribution in [0.4, 0.5) is 11.6 Å². The summed E-state index contributed by atoms with van der Waals surface area (Å²) >= 11 is 0. The van der Waals surface area contributed by atoms with Gasteiger partial charge in [-0.25, -0.2) is 18.4 Å². The zero-order valence-corrected chi connectivity index (χ0v) is 8.61. The maximum absolute atomic E-state index is 11.1. The number of hydrogen-bond donors (Lipinski definition) is 2. The number of sulfone groups is 1. The van der Waals surface area contributed by atoms with Crippen LogP contribution in [0.5, 0.6) is 0 Å². The Morgan fingerprint density at radius 1 is 1.47 bits per heavy atom. The Morgan fingerprint density at radius 3 is 2.87 bits per heavy atom. The van der Waals surface area contributed by atoms with Crippen LogP contribution in [-0.4, -0.2) is 30.2 Å². The van der Waals surface area contributed by atoms with Gasteiger partial charge in [-0.1, -0.05) is 0 Å². The monoisotopic (exact) mass is 226 g/mol. The van der Waals surface area contributed by atoms with E-state index in [0.717, 1.165) is 0 Å². The molecule has 1 aromatic heterocycles. The van der Waals surface area contributed by atoms with Gasteiger partial charge in [0, 0.05) is 11.5 Å². The van der Waals surface area contributed by atoms with Crippen LogP contribution >= 0.6 is 0 Å². The van der Waals surface area contributed by atoms with Crippen LogP contribution in [-0.2, 0) is 9.84 Å². The zero-order chi connectivity index (χ0) is 10.9. The first kappa shape index (κ1) is 9.91. The highest BCUT2D eigenvalue weighted by atomic mass is 32.2. The normalized spacial score (nSPS) is 22.8. The lowest BCUT2D eigenvalue weighted by Crippen LogP contribution is -2.21. The third-order valence-corrected chi connectivity index (χ3v) is 3.35. The van der Waals surface area contributed by atoms with Crippen LogP contribution in [0, 0.1) is 0 Å². The lowest BCUT2D eigenvalue weighted by molar-refractivity contribution is 0.605. The summed E-state index contributed by atoms with van der Waals surface area (Å²) in [5.41, 5.74) is 5.46. The second kappa shape index (κ2) is 3.50. The van der Waals surface area contributed by atoms with Gasteiger partial charge in [-0.2, -0.15) is 0 Å². The van der Waals surface area contributed by atoms with Crippen molar-refractivity contribution in [2.75, 3.05) is 16.8 Å². The van der Waals surface area contributed by atoms with Crippen LogP contribution in [0.15, 0.2) is 23.9 Å². The first-order valence-electron chi connectivity index (χ1n) is 4.30. The van der Waals surface area contributed by atoms with Crippen molar-refractivity contribution in [1.29, 1.82) is 0 Å². The number of aromatic nitrogens is 2. The van der Waals surface area contributed by atoms with Crippen molar-refractivity contribution in [3.8, 4) is 0 Å². The molecule has 0 aliphatic carbocycles. The fourth-order valence-corrected chi connectivity index (χ4v) is 2.54. The summed E-state index contributed by atoms with van der Waals surface area (Å²) in [6.45, 7) is 0. The predicted molar refractivity (Wildman–Crippen MR) is 56.8 cm³/mol. The molecule has 0 fully saturated rings. The molecular weight excluding hydrogens is 216 g/mol. The largest absolute Gasteiger partial charge is 0.384 e. The maximum atomic E-state index is 11.1. The number of nitrogen functional groups attached to an aromatic ring is 1. The number of hydrogen-bond acceptors (Lipinski definition) is 6. The average Bonchev–Trinajstić information content (AvgIpc) is 2.45. The van der Waals surface area contributed by atoms with Crippen LogP contribution in [0.3, 0.4) is 0 Å². The Morgan fingerprint density at radius 2 is 2.27 bits per heavy atom. The molecule has 7 heteroatoms. The molecule has 0 bridgehead atoms. The molecule has 0 amide bonds. The van der Waals surface area contributed by atoms with E-state index >= 15 is 0 Å². The van der Waals surface area contributed by atoms with E-state index in [1.165, 1.54) is 11.7 Å². The topological polar surface area (TPSA) is 98.0 Å². The molecule has 0 radical (unpaired) electrons. The summed E-state index contributed by atoms with van der Waals surface area (Å²) < 4.78 is 22.2. The van der Waals surface area contributed by atoms with Gasteiger partial charge in [0.25, 0.3) is 0 Å². The van der Waals surface area contributed by atoms with Crippen LogP contribution in [0.1, 0.15) is 0 Å². The van der Waals surface area contributed by atoms with Crippen molar-refractivity contribution < 1.29 is 8.42 Å². The number of anilines is 2. The number of nitrogens with one attached hydrogen (secondary N) is 1. The first-order valence-corrected chi connectivity index (χ1v) is 6.02. The van der Waals surface area contributed by atoms with Crippen molar-refractivity contribution in [2.45, 2.75) is 6.04 Å². The van der Waals surface area contributed by atoms with Crippen molar-refractivity contribution in [3.63, 3.8) is 0 Å². The minimum atomic E-state index is -3.04. The SMILES string of the molecule is Nc1cc(NC2C=CS(=O)(=O)C2)ncn1. The van der Waals surface area contributed by atoms with Crippen molar-refractivity contribution in [1.82, 2.24) is 9.97 Å². The fourth-order valence-electron chi connectivity index (χ4n) is 1.31. The lowest BCUT2D eigenvalue weighted by atomic mass is 10.3. The molecule has 1 unspecified atom stereocenters. The van der Waals surface area contributed by atoms with Gasteiger partial charge in [0.15, 0.2) is 9.84 Å². The van der Waals surface area contributed by atoms with E-state index in [2.05, 4.69) is 15.3 Å². The molecule has 0 saturated heterocycles. The molecule has 1 aromatic rings. The Hall–Kier alpha value is -1.63. The van der Waals surface area contributed by atoms with Gasteiger partial charge in [0.2, 0.25) is 0 Å². The summed E-state index contributed by atoms with van der Waals surface area (Å²) in [6.07, 6.45) is 2.92. The average molecular weight is 226 g/mol. The minimum Gasteiger partial charge on any atom is -0.384 e. The van der Waals surface area contributed by atoms with Gasteiger partial charge >= 0.3 is 0 Å². The van der Waals surface area contributed by atoms with Crippen molar-refractivity contribution >= 4 is 21.5 Å². The highest BCUT2D eigenvalue weighted by Crippen LogP contribution is 2.13. The molecule has 2 rings (SSSR count). The maximum Gasteiger partial charge on any atom is 0.173 e. The van der Waals surface area contributed by atoms with E-state index in [9.17, 15) is 8.42 Å². The Labute approximate surface area is 87.2 Å². The van der Waals surface area contributed by atoms with E-state index < -0.39 is 9.84 Å². The van der Waals surface area contributed by atoms with E-state index in [-0.39, 0.29) is 11.8 Å². The summed E-state index contributed by atoms with van der Waals surface area (Å²) in [7, 11) is -3.04. The van der Waals surface area contributed by atoms with Crippen LogP contribution in [0.25, 0.3) is 0 Å². The summed E-state index contributed by atoms with van der Waals surface area (Å²) in [4.78, 5) is 7.65. The number of rotatable bonds is 2.